The Labute approximate surface area is 142 Å². The first kappa shape index (κ1) is 15.3. The highest BCUT2D eigenvalue weighted by Crippen LogP contribution is 2.17. The molecule has 3 aromatic heterocycles. The number of hydrogen-bond acceptors (Lipinski definition) is 4. The molecule has 3 heterocycles. The van der Waals surface area contributed by atoms with E-state index in [1.807, 2.05) is 25.1 Å². The summed E-state index contributed by atoms with van der Waals surface area (Å²) in [6.07, 6.45) is 0. The molecule has 0 saturated carbocycles. The van der Waals surface area contributed by atoms with Gasteiger partial charge < -0.3 is 15.3 Å². The highest BCUT2D eigenvalue weighted by Gasteiger charge is 2.17. The van der Waals surface area contributed by atoms with Crippen molar-refractivity contribution in [2.24, 2.45) is 14.1 Å². The second kappa shape index (κ2) is 5.10. The van der Waals surface area contributed by atoms with Crippen LogP contribution >= 0.6 is 0 Å². The summed E-state index contributed by atoms with van der Waals surface area (Å²) in [5, 5.41) is 1.05. The number of rotatable bonds is 2. The molecule has 1 aromatic carbocycles. The maximum absolute atomic E-state index is 12.8. The molecule has 0 atom stereocenters. The SMILES string of the molecule is Cc1ccc2[nH]c(Cn3c(=O)c4c(nc(N)n4C)n(C)c3=O)cc2c1. The van der Waals surface area contributed by atoms with E-state index in [9.17, 15) is 9.59 Å². The van der Waals surface area contributed by atoms with Crippen LogP contribution < -0.4 is 17.0 Å². The van der Waals surface area contributed by atoms with Crippen molar-refractivity contribution in [3.8, 4) is 0 Å². The molecule has 8 nitrogen and oxygen atoms in total. The van der Waals surface area contributed by atoms with E-state index >= 15 is 0 Å². The standard InChI is InChI=1S/C17H18N6O2/c1-9-4-5-12-10(6-9)7-11(19-12)8-23-15(24)13-14(22(3)17(23)25)20-16(18)21(13)2/h4-7,19H,8H2,1-3H3,(H2,18,20). The second-order valence-corrected chi connectivity index (χ2v) is 6.32. The van der Waals surface area contributed by atoms with Gasteiger partial charge in [0.15, 0.2) is 11.2 Å². The van der Waals surface area contributed by atoms with Crippen molar-refractivity contribution in [1.29, 1.82) is 0 Å². The van der Waals surface area contributed by atoms with Crippen molar-refractivity contribution in [1.82, 2.24) is 23.7 Å². The molecular formula is C17H18N6O2. The van der Waals surface area contributed by atoms with Gasteiger partial charge in [0.1, 0.15) is 0 Å². The molecule has 8 heteroatoms. The molecule has 4 aromatic rings. The largest absolute Gasteiger partial charge is 0.369 e. The van der Waals surface area contributed by atoms with Crippen LogP contribution in [-0.2, 0) is 20.6 Å². The van der Waals surface area contributed by atoms with Gasteiger partial charge in [0.05, 0.1) is 6.54 Å². The van der Waals surface area contributed by atoms with Gasteiger partial charge in [-0.2, -0.15) is 4.98 Å². The van der Waals surface area contributed by atoms with Gasteiger partial charge in [-0.25, -0.2) is 4.79 Å². The van der Waals surface area contributed by atoms with Crippen LogP contribution in [0, 0.1) is 6.92 Å². The smallest absolute Gasteiger partial charge is 0.332 e. The lowest BCUT2D eigenvalue weighted by Gasteiger charge is -2.07. The van der Waals surface area contributed by atoms with Crippen LogP contribution in [0.2, 0.25) is 0 Å². The van der Waals surface area contributed by atoms with Gasteiger partial charge in [-0.05, 0) is 30.5 Å². The van der Waals surface area contributed by atoms with Crippen molar-refractivity contribution in [2.75, 3.05) is 5.73 Å². The molecule has 0 amide bonds. The van der Waals surface area contributed by atoms with E-state index in [1.54, 1.807) is 14.1 Å². The summed E-state index contributed by atoms with van der Waals surface area (Å²) in [6, 6.07) is 8.01. The Morgan fingerprint density at radius 1 is 1.16 bits per heavy atom. The molecule has 3 N–H and O–H groups in total. The number of nitrogens with one attached hydrogen (secondary N) is 1. The molecule has 0 aliphatic carbocycles. The van der Waals surface area contributed by atoms with Crippen molar-refractivity contribution in [3.05, 3.63) is 56.4 Å². The van der Waals surface area contributed by atoms with E-state index in [1.165, 1.54) is 13.7 Å². The Kier molecular flexibility index (Phi) is 3.11. The predicted molar refractivity (Wildman–Crippen MR) is 96.8 cm³/mol. The Morgan fingerprint density at radius 2 is 1.92 bits per heavy atom. The third-order valence-corrected chi connectivity index (χ3v) is 4.56. The zero-order valence-corrected chi connectivity index (χ0v) is 14.2. The first-order chi connectivity index (χ1) is 11.9. The van der Waals surface area contributed by atoms with Gasteiger partial charge in [0.2, 0.25) is 5.95 Å². The number of imidazole rings is 1. The average Bonchev–Trinajstić information content (AvgIpc) is 3.10. The first-order valence-corrected chi connectivity index (χ1v) is 7.87. The second-order valence-electron chi connectivity index (χ2n) is 6.32. The Balaban J connectivity index is 1.92. The van der Waals surface area contributed by atoms with Crippen LogP contribution in [0.25, 0.3) is 22.1 Å². The van der Waals surface area contributed by atoms with Crippen LogP contribution in [0.4, 0.5) is 5.95 Å². The summed E-state index contributed by atoms with van der Waals surface area (Å²) in [7, 11) is 3.24. The Bertz CT molecular complexity index is 1250. The molecular weight excluding hydrogens is 320 g/mol. The number of aromatic nitrogens is 5. The van der Waals surface area contributed by atoms with Crippen molar-refractivity contribution >= 4 is 28.0 Å². The van der Waals surface area contributed by atoms with Gasteiger partial charge in [0.25, 0.3) is 5.56 Å². The fraction of sp³-hybridized carbons (Fsp3) is 0.235. The maximum Gasteiger partial charge on any atom is 0.332 e. The summed E-state index contributed by atoms with van der Waals surface area (Å²) in [5.74, 6) is 0.195. The first-order valence-electron chi connectivity index (χ1n) is 7.87. The average molecular weight is 338 g/mol. The summed E-state index contributed by atoms with van der Waals surface area (Å²) in [5.41, 5.74) is 8.47. The fourth-order valence-corrected chi connectivity index (χ4v) is 3.17. The van der Waals surface area contributed by atoms with E-state index in [-0.39, 0.29) is 12.5 Å². The van der Waals surface area contributed by atoms with Crippen LogP contribution in [0.3, 0.4) is 0 Å². The zero-order chi connectivity index (χ0) is 17.9. The Morgan fingerprint density at radius 3 is 2.68 bits per heavy atom. The van der Waals surface area contributed by atoms with Gasteiger partial charge in [-0.1, -0.05) is 11.6 Å². The number of anilines is 1. The molecule has 0 unspecified atom stereocenters. The quantitative estimate of drug-likeness (QED) is 0.565. The number of nitrogen functional groups attached to an aromatic ring is 1. The number of hydrogen-bond donors (Lipinski definition) is 2. The van der Waals surface area contributed by atoms with E-state index < -0.39 is 11.2 Å². The lowest BCUT2D eigenvalue weighted by Crippen LogP contribution is -2.39. The number of benzene rings is 1. The number of nitrogens with two attached hydrogens (primary N) is 1. The van der Waals surface area contributed by atoms with Gasteiger partial charge in [-0.15, -0.1) is 0 Å². The van der Waals surface area contributed by atoms with Crippen LogP contribution in [0.5, 0.6) is 0 Å². The van der Waals surface area contributed by atoms with Crippen molar-refractivity contribution in [2.45, 2.75) is 13.5 Å². The van der Waals surface area contributed by atoms with Gasteiger partial charge >= 0.3 is 5.69 Å². The van der Waals surface area contributed by atoms with Gasteiger partial charge in [0, 0.05) is 25.3 Å². The normalized spacial score (nSPS) is 11.6. The fourth-order valence-electron chi connectivity index (χ4n) is 3.17. The minimum Gasteiger partial charge on any atom is -0.369 e. The molecule has 0 spiro atoms. The number of aromatic amines is 1. The molecule has 0 aliphatic heterocycles. The number of aryl methyl sites for hydroxylation is 3. The van der Waals surface area contributed by atoms with E-state index in [4.69, 9.17) is 5.73 Å². The van der Waals surface area contributed by atoms with E-state index in [0.717, 1.165) is 22.2 Å². The monoisotopic (exact) mass is 338 g/mol. The number of H-pyrrole nitrogens is 1. The van der Waals surface area contributed by atoms with Gasteiger partial charge in [-0.3, -0.25) is 13.9 Å². The molecule has 0 saturated heterocycles. The van der Waals surface area contributed by atoms with Crippen molar-refractivity contribution in [3.63, 3.8) is 0 Å². The molecule has 25 heavy (non-hydrogen) atoms. The number of fused-ring (bicyclic) bond motifs is 2. The summed E-state index contributed by atoms with van der Waals surface area (Å²) >= 11 is 0. The maximum atomic E-state index is 12.8. The topological polar surface area (TPSA) is 104 Å². The molecule has 0 fully saturated rings. The summed E-state index contributed by atoms with van der Waals surface area (Å²) in [6.45, 7) is 2.17. The lowest BCUT2D eigenvalue weighted by atomic mass is 10.2. The molecule has 0 radical (unpaired) electrons. The third kappa shape index (κ3) is 2.18. The summed E-state index contributed by atoms with van der Waals surface area (Å²) in [4.78, 5) is 32.8. The Hall–Kier alpha value is -3.29. The van der Waals surface area contributed by atoms with Crippen LogP contribution in [0.1, 0.15) is 11.3 Å². The molecule has 4 rings (SSSR count). The zero-order valence-electron chi connectivity index (χ0n) is 14.2. The highest BCUT2D eigenvalue weighted by molar-refractivity contribution is 5.81. The number of nitrogens with zero attached hydrogens (tertiary/aromatic N) is 4. The minimum atomic E-state index is -0.426. The third-order valence-electron chi connectivity index (χ3n) is 4.56. The lowest BCUT2D eigenvalue weighted by molar-refractivity contribution is 0.648. The minimum absolute atomic E-state index is 0.153. The predicted octanol–water partition coefficient (Wildman–Crippen LogP) is 0.854. The molecule has 0 aliphatic rings. The van der Waals surface area contributed by atoms with E-state index in [0.29, 0.717) is 11.2 Å². The van der Waals surface area contributed by atoms with Crippen LogP contribution in [0.15, 0.2) is 33.9 Å². The van der Waals surface area contributed by atoms with Crippen molar-refractivity contribution < 1.29 is 0 Å². The summed E-state index contributed by atoms with van der Waals surface area (Å²) < 4.78 is 4.04. The van der Waals surface area contributed by atoms with E-state index in [2.05, 4.69) is 16.0 Å². The molecule has 128 valence electrons. The highest BCUT2D eigenvalue weighted by atomic mass is 16.2. The van der Waals surface area contributed by atoms with Crippen LogP contribution in [-0.4, -0.2) is 23.7 Å². The molecule has 0 bridgehead atoms.